The number of carbonyl (C=O) groups is 3. The van der Waals surface area contributed by atoms with Gasteiger partial charge in [0.1, 0.15) is 17.3 Å². The Morgan fingerprint density at radius 2 is 1.64 bits per heavy atom. The van der Waals surface area contributed by atoms with Crippen LogP contribution in [-0.2, 0) is 0 Å². The highest BCUT2D eigenvalue weighted by Gasteiger charge is 2.27. The summed E-state index contributed by atoms with van der Waals surface area (Å²) < 4.78 is 18.9. The monoisotopic (exact) mass is 490 g/mol. The second-order valence-electron chi connectivity index (χ2n) is 7.28. The molecule has 0 aliphatic heterocycles. The van der Waals surface area contributed by atoms with Crippen LogP contribution in [0.25, 0.3) is 22.4 Å². The Balaban J connectivity index is 1.83. The Bertz CT molecular complexity index is 1420. The molecule has 4 N–H and O–H groups in total. The van der Waals surface area contributed by atoms with E-state index in [-0.39, 0.29) is 22.5 Å². The first kappa shape index (κ1) is 23.9. The second kappa shape index (κ2) is 10.3. The molecule has 0 aliphatic rings. The average molecular weight is 490 g/mol. The lowest BCUT2D eigenvalue weighted by Crippen LogP contribution is -2.43. The molecule has 0 bridgehead atoms. The van der Waals surface area contributed by atoms with Crippen molar-refractivity contribution in [2.45, 2.75) is 0 Å². The van der Waals surface area contributed by atoms with Gasteiger partial charge < -0.3 is 9.84 Å². The van der Waals surface area contributed by atoms with Crippen molar-refractivity contribution in [1.82, 2.24) is 25.7 Å². The van der Waals surface area contributed by atoms with Crippen LogP contribution in [0.2, 0.25) is 0 Å². The van der Waals surface area contributed by atoms with Crippen LogP contribution >= 0.6 is 0 Å². The first-order chi connectivity index (χ1) is 17.4. The van der Waals surface area contributed by atoms with E-state index in [4.69, 9.17) is 4.74 Å². The minimum Gasteiger partial charge on any atom is -0.497 e. The fourth-order valence-electron chi connectivity index (χ4n) is 3.41. The molecule has 4 aromatic rings. The summed E-state index contributed by atoms with van der Waals surface area (Å²) in [6.45, 7) is 0. The number of methoxy groups -OCH3 is 1. The van der Waals surface area contributed by atoms with Crippen LogP contribution in [0, 0.1) is 5.82 Å². The molecule has 0 atom stereocenters. The van der Waals surface area contributed by atoms with Gasteiger partial charge >= 0.3 is 6.09 Å². The minimum absolute atomic E-state index is 0.183. The van der Waals surface area contributed by atoms with E-state index in [0.717, 1.165) is 4.79 Å². The average Bonchev–Trinajstić information content (AvgIpc) is 3.26. The second-order valence-corrected chi connectivity index (χ2v) is 7.28. The fraction of sp³-hybridized carbons (Fsp3) is 0.0417. The van der Waals surface area contributed by atoms with Crippen molar-refractivity contribution in [1.29, 1.82) is 0 Å². The summed E-state index contributed by atoms with van der Waals surface area (Å²) in [5.74, 6) is -1.51. The minimum atomic E-state index is -1.49. The number of rotatable bonds is 6. The van der Waals surface area contributed by atoms with Gasteiger partial charge in [-0.15, -0.1) is 0 Å². The molecule has 0 saturated heterocycles. The highest BCUT2D eigenvalue weighted by atomic mass is 19.1. The van der Waals surface area contributed by atoms with E-state index in [0.29, 0.717) is 16.9 Å². The molecule has 0 unspecified atom stereocenters. The number of amides is 3. The van der Waals surface area contributed by atoms with Gasteiger partial charge in [-0.3, -0.25) is 25.4 Å². The largest absolute Gasteiger partial charge is 0.497 e. The van der Waals surface area contributed by atoms with Crippen molar-refractivity contribution in [2.75, 3.05) is 12.5 Å². The van der Waals surface area contributed by atoms with Crippen LogP contribution in [0.1, 0.15) is 20.8 Å². The van der Waals surface area contributed by atoms with Crippen LogP contribution in [-0.4, -0.2) is 45.0 Å². The summed E-state index contributed by atoms with van der Waals surface area (Å²) in [7, 11) is 1.47. The zero-order valence-electron chi connectivity index (χ0n) is 18.7. The molecule has 182 valence electrons. The van der Waals surface area contributed by atoms with E-state index in [1.54, 1.807) is 24.3 Å². The third-order valence-corrected chi connectivity index (χ3v) is 5.01. The first-order valence-electron chi connectivity index (χ1n) is 10.4. The summed E-state index contributed by atoms with van der Waals surface area (Å²) in [5, 5.41) is 13.6. The van der Waals surface area contributed by atoms with Crippen LogP contribution in [0.3, 0.4) is 0 Å². The fourth-order valence-corrected chi connectivity index (χ4v) is 3.41. The summed E-state index contributed by atoms with van der Waals surface area (Å²) in [4.78, 5) is 41.8. The number of hydrogen-bond donors (Lipinski definition) is 4. The maximum Gasteiger partial charge on any atom is 0.425 e. The van der Waals surface area contributed by atoms with Gasteiger partial charge in [0.15, 0.2) is 5.69 Å². The molecule has 0 radical (unpaired) electrons. The molecule has 2 heterocycles. The highest BCUT2D eigenvalue weighted by Crippen LogP contribution is 2.36. The topological polar surface area (TPSA) is 147 Å². The third-order valence-electron chi connectivity index (χ3n) is 5.01. The van der Waals surface area contributed by atoms with E-state index in [9.17, 15) is 23.9 Å². The molecule has 4 rings (SSSR count). The summed E-state index contributed by atoms with van der Waals surface area (Å²) >= 11 is 0. The highest BCUT2D eigenvalue weighted by molar-refractivity contribution is 6.05. The van der Waals surface area contributed by atoms with Gasteiger partial charge in [-0.25, -0.2) is 14.6 Å². The standard InChI is InChI=1S/C24H19FN6O5/c1-36-18-4-2-3-16(13-18)19-20(14-5-7-17(25)8-6-14)29-31(30-24(34)35)21(19)23(33)28-27-22(32)15-9-11-26-12-10-15/h2-13,30H,1H3,(H,27,32)(H,28,33)(H,34,35). The number of pyridine rings is 1. The Kier molecular flexibility index (Phi) is 6.86. The predicted molar refractivity (Wildman–Crippen MR) is 126 cm³/mol. The van der Waals surface area contributed by atoms with E-state index >= 15 is 0 Å². The lowest BCUT2D eigenvalue weighted by molar-refractivity contribution is 0.0841. The van der Waals surface area contributed by atoms with E-state index in [1.807, 2.05) is 5.43 Å². The third kappa shape index (κ3) is 5.12. The number of hydrogen-bond acceptors (Lipinski definition) is 6. The Labute approximate surface area is 203 Å². The normalized spacial score (nSPS) is 10.4. The van der Waals surface area contributed by atoms with Crippen molar-refractivity contribution >= 4 is 17.9 Å². The van der Waals surface area contributed by atoms with Crippen LogP contribution < -0.4 is 21.0 Å². The number of benzene rings is 2. The zero-order valence-corrected chi connectivity index (χ0v) is 18.7. The van der Waals surface area contributed by atoms with E-state index in [2.05, 4.69) is 20.9 Å². The summed E-state index contributed by atoms with van der Waals surface area (Å²) in [5.41, 5.74) is 7.87. The van der Waals surface area contributed by atoms with Crippen molar-refractivity contribution < 1.29 is 28.6 Å². The molecule has 2 aromatic heterocycles. The number of nitrogens with zero attached hydrogens (tertiary/aromatic N) is 3. The van der Waals surface area contributed by atoms with Gasteiger partial charge in [0.05, 0.1) is 7.11 Å². The van der Waals surface area contributed by atoms with Gasteiger partial charge in [-0.2, -0.15) is 9.89 Å². The maximum absolute atomic E-state index is 13.6. The van der Waals surface area contributed by atoms with E-state index in [1.165, 1.54) is 55.9 Å². The molecule has 0 aliphatic carbocycles. The molecule has 2 aromatic carbocycles. The number of nitrogens with one attached hydrogen (secondary N) is 3. The molecule has 3 amide bonds. The van der Waals surface area contributed by atoms with Crippen molar-refractivity contribution in [2.24, 2.45) is 0 Å². The molecule has 12 heteroatoms. The van der Waals surface area contributed by atoms with Crippen molar-refractivity contribution in [3.8, 4) is 28.1 Å². The summed E-state index contributed by atoms with van der Waals surface area (Å²) in [6.07, 6.45) is 1.34. The molecule has 11 nitrogen and oxygen atoms in total. The van der Waals surface area contributed by atoms with Gasteiger partial charge in [0, 0.05) is 29.1 Å². The van der Waals surface area contributed by atoms with Gasteiger partial charge in [0.25, 0.3) is 11.8 Å². The maximum atomic E-state index is 13.6. The molecule has 0 spiro atoms. The van der Waals surface area contributed by atoms with Gasteiger partial charge in [0.2, 0.25) is 0 Å². The van der Waals surface area contributed by atoms with Crippen molar-refractivity contribution in [3.05, 3.63) is 90.1 Å². The number of carboxylic acid groups (broad SMARTS) is 1. The smallest absolute Gasteiger partial charge is 0.425 e. The van der Waals surface area contributed by atoms with E-state index < -0.39 is 23.7 Å². The number of ether oxygens (including phenoxy) is 1. The number of hydrazine groups is 1. The Morgan fingerprint density at radius 3 is 2.31 bits per heavy atom. The zero-order chi connectivity index (χ0) is 25.7. The number of halogens is 1. The van der Waals surface area contributed by atoms with Crippen LogP contribution in [0.15, 0.2) is 73.1 Å². The molecule has 0 fully saturated rings. The van der Waals surface area contributed by atoms with Crippen LogP contribution in [0.5, 0.6) is 5.75 Å². The van der Waals surface area contributed by atoms with Gasteiger partial charge in [-0.1, -0.05) is 12.1 Å². The van der Waals surface area contributed by atoms with Gasteiger partial charge in [-0.05, 0) is 54.1 Å². The molecular weight excluding hydrogens is 471 g/mol. The number of aromatic nitrogens is 3. The Morgan fingerprint density at radius 1 is 0.944 bits per heavy atom. The first-order valence-corrected chi connectivity index (χ1v) is 10.4. The molecule has 0 saturated carbocycles. The summed E-state index contributed by atoms with van der Waals surface area (Å²) in [6, 6.07) is 14.9. The predicted octanol–water partition coefficient (Wildman–Crippen LogP) is 3.06. The lowest BCUT2D eigenvalue weighted by Gasteiger charge is -2.12. The number of carbonyl (C=O) groups excluding carboxylic acids is 2. The molecular formula is C24H19FN6O5. The van der Waals surface area contributed by atoms with Crippen LogP contribution in [0.4, 0.5) is 9.18 Å². The SMILES string of the molecule is COc1cccc(-c2c(-c3ccc(F)cc3)nn(NC(=O)O)c2C(=O)NNC(=O)c2ccncc2)c1. The lowest BCUT2D eigenvalue weighted by atomic mass is 9.98. The quantitative estimate of drug-likeness (QED) is 0.304. The van der Waals surface area contributed by atoms with Crippen molar-refractivity contribution in [3.63, 3.8) is 0 Å². The molecule has 36 heavy (non-hydrogen) atoms. The Hall–Kier alpha value is -5.26.